The van der Waals surface area contributed by atoms with Gasteiger partial charge in [0.05, 0.1) is 70.5 Å². The van der Waals surface area contributed by atoms with Gasteiger partial charge in [0.2, 0.25) is 0 Å². The van der Waals surface area contributed by atoms with Gasteiger partial charge in [0, 0.05) is 12.5 Å². The number of nitrogens with one attached hydrogen (secondary N) is 1. The molecule has 43 heavy (non-hydrogen) atoms. The molecule has 2 aliphatic rings. The Bertz CT molecular complexity index is 1330. The molecule has 0 saturated carbocycles. The van der Waals surface area contributed by atoms with Gasteiger partial charge in [-0.15, -0.1) is 0 Å². The first-order valence-corrected chi connectivity index (χ1v) is 14.5. The summed E-state index contributed by atoms with van der Waals surface area (Å²) >= 11 is 0. The molecular weight excluding hydrogens is 552 g/mol. The van der Waals surface area contributed by atoms with E-state index >= 15 is 0 Å². The number of alkyl carbamates (subject to hydrolysis) is 1. The van der Waals surface area contributed by atoms with E-state index in [0.29, 0.717) is 63.9 Å². The van der Waals surface area contributed by atoms with Crippen LogP contribution in [0.5, 0.6) is 0 Å². The SMILES string of the molecule is O=C(NCCOCCOCCOCCOCCN1C(=O)c2ccccc2C1=O)OCC1c2ccccc2-c2ccccc21. The van der Waals surface area contributed by atoms with Gasteiger partial charge in [-0.2, -0.15) is 0 Å². The Morgan fingerprint density at radius 3 is 1.58 bits per heavy atom. The van der Waals surface area contributed by atoms with E-state index < -0.39 is 6.09 Å². The number of ether oxygens (including phenoxy) is 5. The van der Waals surface area contributed by atoms with E-state index in [9.17, 15) is 14.4 Å². The second-order valence-corrected chi connectivity index (χ2v) is 10.0. The van der Waals surface area contributed by atoms with Gasteiger partial charge in [-0.1, -0.05) is 60.7 Å². The van der Waals surface area contributed by atoms with Crippen LogP contribution in [-0.2, 0) is 23.7 Å². The second-order valence-electron chi connectivity index (χ2n) is 10.0. The molecule has 3 amide bonds. The number of nitrogens with zero attached hydrogens (tertiary/aromatic N) is 1. The van der Waals surface area contributed by atoms with Crippen molar-refractivity contribution in [3.63, 3.8) is 0 Å². The molecule has 1 aliphatic heterocycles. The number of rotatable bonds is 17. The molecule has 1 aliphatic carbocycles. The zero-order valence-corrected chi connectivity index (χ0v) is 24.0. The summed E-state index contributed by atoms with van der Waals surface area (Å²) in [6.45, 7) is 3.77. The lowest BCUT2D eigenvalue weighted by molar-refractivity contribution is -0.00292. The van der Waals surface area contributed by atoms with Crippen LogP contribution >= 0.6 is 0 Å². The van der Waals surface area contributed by atoms with E-state index in [1.54, 1.807) is 24.3 Å². The molecular formula is C33H36N2O8. The number of hydrogen-bond acceptors (Lipinski definition) is 8. The molecule has 5 rings (SSSR count). The quantitative estimate of drug-likeness (QED) is 0.187. The number of carbonyl (C=O) groups excluding carboxylic acids is 3. The molecule has 0 bridgehead atoms. The summed E-state index contributed by atoms with van der Waals surface area (Å²) in [4.78, 5) is 38.0. The van der Waals surface area contributed by atoms with E-state index in [1.165, 1.54) is 27.2 Å². The lowest BCUT2D eigenvalue weighted by atomic mass is 9.98. The Kier molecular flexibility index (Phi) is 10.9. The van der Waals surface area contributed by atoms with Crippen molar-refractivity contribution >= 4 is 17.9 Å². The Morgan fingerprint density at radius 2 is 1.05 bits per heavy atom. The fraction of sp³-hybridized carbons (Fsp3) is 0.364. The molecule has 0 aromatic heterocycles. The first kappa shape index (κ1) is 30.4. The maximum Gasteiger partial charge on any atom is 0.407 e. The average Bonchev–Trinajstić information content (AvgIpc) is 3.48. The first-order chi connectivity index (χ1) is 21.1. The van der Waals surface area contributed by atoms with Gasteiger partial charge in [-0.3, -0.25) is 14.5 Å². The van der Waals surface area contributed by atoms with E-state index in [4.69, 9.17) is 23.7 Å². The molecule has 0 spiro atoms. The molecule has 1 N–H and O–H groups in total. The normalized spacial score (nSPS) is 13.6. The smallest absolute Gasteiger partial charge is 0.407 e. The van der Waals surface area contributed by atoms with Crippen molar-refractivity contribution in [1.82, 2.24) is 10.2 Å². The highest BCUT2D eigenvalue weighted by Crippen LogP contribution is 2.44. The number of benzene rings is 3. The third-order valence-corrected chi connectivity index (χ3v) is 7.31. The van der Waals surface area contributed by atoms with E-state index in [2.05, 4.69) is 29.6 Å². The predicted octanol–water partition coefficient (Wildman–Crippen LogP) is 3.89. The maximum atomic E-state index is 12.3. The average molecular weight is 589 g/mol. The van der Waals surface area contributed by atoms with Crippen LogP contribution in [0.15, 0.2) is 72.8 Å². The number of carbonyl (C=O) groups is 3. The maximum absolute atomic E-state index is 12.3. The lowest BCUT2D eigenvalue weighted by Gasteiger charge is -2.14. The van der Waals surface area contributed by atoms with Crippen molar-refractivity contribution in [1.29, 1.82) is 0 Å². The van der Waals surface area contributed by atoms with Crippen molar-refractivity contribution in [2.45, 2.75) is 5.92 Å². The summed E-state index contributed by atoms with van der Waals surface area (Å²) in [5, 5.41) is 2.72. The molecule has 10 heteroatoms. The largest absolute Gasteiger partial charge is 0.449 e. The predicted molar refractivity (Wildman–Crippen MR) is 158 cm³/mol. The zero-order valence-electron chi connectivity index (χ0n) is 24.0. The van der Waals surface area contributed by atoms with Gasteiger partial charge in [0.1, 0.15) is 6.61 Å². The van der Waals surface area contributed by atoms with Crippen molar-refractivity contribution < 1.29 is 38.1 Å². The fourth-order valence-electron chi connectivity index (χ4n) is 5.23. The standard InChI is InChI=1S/C33H36N2O8/c36-31-28-11-5-6-12-29(28)32(37)35(31)14-16-40-18-20-42-22-21-41-19-17-39-15-13-34-33(38)43-23-30-26-9-3-1-7-24(26)25-8-2-4-10-27(25)30/h1-12,30H,13-23H2,(H,34,38). The fourth-order valence-corrected chi connectivity index (χ4v) is 5.23. The Hall–Kier alpha value is -4.09. The van der Waals surface area contributed by atoms with Crippen LogP contribution in [0.25, 0.3) is 11.1 Å². The summed E-state index contributed by atoms with van der Waals surface area (Å²) < 4.78 is 27.4. The van der Waals surface area contributed by atoms with Crippen LogP contribution in [0.3, 0.4) is 0 Å². The van der Waals surface area contributed by atoms with Gasteiger partial charge in [-0.25, -0.2) is 4.79 Å². The van der Waals surface area contributed by atoms with Crippen LogP contribution in [-0.4, -0.2) is 95.4 Å². The molecule has 0 saturated heterocycles. The van der Waals surface area contributed by atoms with Crippen molar-refractivity contribution in [2.75, 3.05) is 72.6 Å². The summed E-state index contributed by atoms with van der Waals surface area (Å²) in [5.74, 6) is -0.539. The second kappa shape index (κ2) is 15.4. The summed E-state index contributed by atoms with van der Waals surface area (Å²) in [7, 11) is 0. The highest BCUT2D eigenvalue weighted by molar-refractivity contribution is 6.21. The number of fused-ring (bicyclic) bond motifs is 4. The van der Waals surface area contributed by atoms with Crippen LogP contribution in [0.2, 0.25) is 0 Å². The summed E-state index contributed by atoms with van der Waals surface area (Å²) in [5.41, 5.74) is 5.61. The van der Waals surface area contributed by atoms with Gasteiger partial charge in [0.25, 0.3) is 11.8 Å². The third-order valence-electron chi connectivity index (χ3n) is 7.31. The monoisotopic (exact) mass is 588 g/mol. The van der Waals surface area contributed by atoms with E-state index in [1.807, 2.05) is 24.3 Å². The lowest BCUT2D eigenvalue weighted by Crippen LogP contribution is -2.33. The molecule has 0 fully saturated rings. The molecule has 3 aromatic rings. The van der Waals surface area contributed by atoms with Crippen molar-refractivity contribution in [3.05, 3.63) is 95.1 Å². The molecule has 10 nitrogen and oxygen atoms in total. The Morgan fingerprint density at radius 1 is 0.605 bits per heavy atom. The van der Waals surface area contributed by atoms with Gasteiger partial charge in [0.15, 0.2) is 0 Å². The Balaban J connectivity index is 0.822. The molecule has 0 atom stereocenters. The minimum absolute atomic E-state index is 0.0285. The van der Waals surface area contributed by atoms with Crippen LogP contribution in [0.4, 0.5) is 4.79 Å². The highest BCUT2D eigenvalue weighted by atomic mass is 16.6. The molecule has 0 radical (unpaired) electrons. The molecule has 226 valence electrons. The van der Waals surface area contributed by atoms with Crippen LogP contribution in [0.1, 0.15) is 37.8 Å². The number of hydrogen-bond donors (Lipinski definition) is 1. The number of amides is 3. The molecule has 3 aromatic carbocycles. The minimum atomic E-state index is -0.466. The summed E-state index contributed by atoms with van der Waals surface area (Å²) in [6, 6.07) is 23.3. The summed E-state index contributed by atoms with van der Waals surface area (Å²) in [6.07, 6.45) is -0.466. The topological polar surface area (TPSA) is 113 Å². The number of imide groups is 1. The van der Waals surface area contributed by atoms with E-state index in [0.717, 1.165) is 0 Å². The minimum Gasteiger partial charge on any atom is -0.449 e. The Labute approximate surface area is 250 Å². The zero-order chi connectivity index (χ0) is 29.9. The first-order valence-electron chi connectivity index (χ1n) is 14.5. The van der Waals surface area contributed by atoms with Gasteiger partial charge in [-0.05, 0) is 34.4 Å². The highest BCUT2D eigenvalue weighted by Gasteiger charge is 2.34. The third kappa shape index (κ3) is 7.66. The molecule has 1 heterocycles. The van der Waals surface area contributed by atoms with Crippen LogP contribution < -0.4 is 5.32 Å². The van der Waals surface area contributed by atoms with Gasteiger partial charge >= 0.3 is 6.09 Å². The van der Waals surface area contributed by atoms with Crippen molar-refractivity contribution in [2.24, 2.45) is 0 Å². The molecule has 0 unspecified atom stereocenters. The van der Waals surface area contributed by atoms with Crippen LogP contribution in [0, 0.1) is 0 Å². The van der Waals surface area contributed by atoms with Crippen molar-refractivity contribution in [3.8, 4) is 11.1 Å². The van der Waals surface area contributed by atoms with E-state index in [-0.39, 0.29) is 37.5 Å². The van der Waals surface area contributed by atoms with Gasteiger partial charge < -0.3 is 29.0 Å².